The summed E-state index contributed by atoms with van der Waals surface area (Å²) in [6.07, 6.45) is 0. The van der Waals surface area contributed by atoms with Gasteiger partial charge in [-0.25, -0.2) is 4.68 Å². The van der Waals surface area contributed by atoms with Gasteiger partial charge in [0.15, 0.2) is 0 Å². The average molecular weight is 402 g/mol. The number of amides is 1. The van der Waals surface area contributed by atoms with Crippen LogP contribution in [0.25, 0.3) is 0 Å². The van der Waals surface area contributed by atoms with Crippen LogP contribution in [0.5, 0.6) is 0 Å². The number of hydrogen-bond donors (Lipinski definition) is 1. The van der Waals surface area contributed by atoms with E-state index in [9.17, 15) is 4.79 Å². The molecule has 0 spiro atoms. The molecule has 6 heteroatoms. The molecule has 3 rings (SSSR count). The van der Waals surface area contributed by atoms with Crippen LogP contribution in [0.3, 0.4) is 0 Å². The van der Waals surface area contributed by atoms with Crippen molar-refractivity contribution in [3.63, 3.8) is 0 Å². The maximum Gasteiger partial charge on any atom is 0.256 e. The Morgan fingerprint density at radius 3 is 2.33 bits per heavy atom. The first-order valence-electron chi connectivity index (χ1n) is 8.70. The summed E-state index contributed by atoms with van der Waals surface area (Å²) in [5.74, 6) is -0.241. The van der Waals surface area contributed by atoms with E-state index < -0.39 is 0 Å². The van der Waals surface area contributed by atoms with E-state index in [4.69, 9.17) is 23.2 Å². The van der Waals surface area contributed by atoms with E-state index in [1.165, 1.54) is 5.56 Å². The molecule has 0 aliphatic carbocycles. The van der Waals surface area contributed by atoms with Gasteiger partial charge in [0, 0.05) is 5.02 Å². The minimum Gasteiger partial charge on any atom is -0.345 e. The first-order valence-corrected chi connectivity index (χ1v) is 9.45. The van der Waals surface area contributed by atoms with Crippen LogP contribution in [0.2, 0.25) is 10.2 Å². The maximum absolute atomic E-state index is 12.8. The van der Waals surface area contributed by atoms with Crippen LogP contribution in [0.4, 0.5) is 0 Å². The standard InChI is InChI=1S/C21H21Cl2N3O/c1-13-4-6-16(7-5-13)12-26-20(23)19(15(3)25-26)21(27)24-14(2)17-8-10-18(22)11-9-17/h4-11,14H,12H2,1-3H3,(H,24,27). The number of hydrogen-bond acceptors (Lipinski definition) is 2. The normalized spacial score (nSPS) is 12.0. The molecule has 0 saturated carbocycles. The number of aryl methyl sites for hydroxylation is 2. The summed E-state index contributed by atoms with van der Waals surface area (Å²) in [4.78, 5) is 12.8. The van der Waals surface area contributed by atoms with Crippen LogP contribution in [0.15, 0.2) is 48.5 Å². The first-order chi connectivity index (χ1) is 12.8. The predicted molar refractivity (Wildman–Crippen MR) is 110 cm³/mol. The molecule has 0 saturated heterocycles. The third-order valence-electron chi connectivity index (χ3n) is 4.46. The highest BCUT2D eigenvalue weighted by molar-refractivity contribution is 6.33. The van der Waals surface area contributed by atoms with E-state index in [0.29, 0.717) is 28.0 Å². The minimum atomic E-state index is -0.241. The third-order valence-corrected chi connectivity index (χ3v) is 5.10. The van der Waals surface area contributed by atoms with Crippen molar-refractivity contribution in [1.82, 2.24) is 15.1 Å². The van der Waals surface area contributed by atoms with E-state index in [0.717, 1.165) is 11.1 Å². The molecule has 1 amide bonds. The van der Waals surface area contributed by atoms with Crippen molar-refractivity contribution in [3.8, 4) is 0 Å². The minimum absolute atomic E-state index is 0.175. The van der Waals surface area contributed by atoms with Crippen molar-refractivity contribution in [2.75, 3.05) is 0 Å². The fourth-order valence-corrected chi connectivity index (χ4v) is 3.33. The van der Waals surface area contributed by atoms with Crippen molar-refractivity contribution in [1.29, 1.82) is 0 Å². The molecule has 0 aliphatic heterocycles. The van der Waals surface area contributed by atoms with Crippen molar-refractivity contribution in [3.05, 3.63) is 86.7 Å². The largest absolute Gasteiger partial charge is 0.345 e. The molecule has 27 heavy (non-hydrogen) atoms. The van der Waals surface area contributed by atoms with E-state index in [1.54, 1.807) is 23.7 Å². The zero-order chi connectivity index (χ0) is 19.6. The van der Waals surface area contributed by atoms with Gasteiger partial charge in [0.25, 0.3) is 5.91 Å². The van der Waals surface area contributed by atoms with Gasteiger partial charge in [-0.05, 0) is 44.0 Å². The maximum atomic E-state index is 12.8. The number of nitrogens with one attached hydrogen (secondary N) is 1. The summed E-state index contributed by atoms with van der Waals surface area (Å²) in [5, 5.41) is 8.43. The molecule has 0 bridgehead atoms. The summed E-state index contributed by atoms with van der Waals surface area (Å²) in [5.41, 5.74) is 4.25. The smallest absolute Gasteiger partial charge is 0.256 e. The Labute approximate surface area is 169 Å². The van der Waals surface area contributed by atoms with Gasteiger partial charge in [-0.1, -0.05) is 65.2 Å². The zero-order valence-corrected chi connectivity index (χ0v) is 17.0. The third kappa shape index (κ3) is 4.52. The van der Waals surface area contributed by atoms with Crippen LogP contribution in [-0.4, -0.2) is 15.7 Å². The molecule has 1 N–H and O–H groups in total. The second kappa shape index (κ2) is 8.15. The van der Waals surface area contributed by atoms with Gasteiger partial charge in [-0.2, -0.15) is 5.10 Å². The Balaban J connectivity index is 1.77. The molecule has 1 heterocycles. The van der Waals surface area contributed by atoms with E-state index in [1.807, 2.05) is 50.2 Å². The molecular formula is C21H21Cl2N3O. The fraction of sp³-hybridized carbons (Fsp3) is 0.238. The van der Waals surface area contributed by atoms with Crippen molar-refractivity contribution >= 4 is 29.1 Å². The second-order valence-electron chi connectivity index (χ2n) is 6.64. The summed E-state index contributed by atoms with van der Waals surface area (Å²) in [7, 11) is 0. The number of carbonyl (C=O) groups excluding carboxylic acids is 1. The Hall–Kier alpha value is -2.30. The lowest BCUT2D eigenvalue weighted by molar-refractivity contribution is 0.0939. The SMILES string of the molecule is Cc1ccc(Cn2nc(C)c(C(=O)NC(C)c3ccc(Cl)cc3)c2Cl)cc1. The van der Waals surface area contributed by atoms with Crippen LogP contribution < -0.4 is 5.32 Å². The molecule has 0 fully saturated rings. The zero-order valence-electron chi connectivity index (χ0n) is 15.5. The van der Waals surface area contributed by atoms with Crippen LogP contribution in [-0.2, 0) is 6.54 Å². The molecule has 1 atom stereocenters. The average Bonchev–Trinajstić information content (AvgIpc) is 2.91. The quantitative estimate of drug-likeness (QED) is 0.626. The van der Waals surface area contributed by atoms with Gasteiger partial charge in [-0.15, -0.1) is 0 Å². The Bertz CT molecular complexity index is 947. The number of carbonyl (C=O) groups is 1. The summed E-state index contributed by atoms with van der Waals surface area (Å²) >= 11 is 12.4. The van der Waals surface area contributed by atoms with Gasteiger partial charge < -0.3 is 5.32 Å². The van der Waals surface area contributed by atoms with Crippen LogP contribution in [0, 0.1) is 13.8 Å². The first kappa shape index (κ1) is 19.5. The Kier molecular flexibility index (Phi) is 5.88. The number of benzene rings is 2. The molecule has 4 nitrogen and oxygen atoms in total. The van der Waals surface area contributed by atoms with E-state index in [-0.39, 0.29) is 11.9 Å². The van der Waals surface area contributed by atoms with Gasteiger partial charge in [-0.3, -0.25) is 4.79 Å². The molecule has 1 aromatic heterocycles. The van der Waals surface area contributed by atoms with Crippen LogP contribution in [0.1, 0.15) is 45.7 Å². The molecule has 140 valence electrons. The lowest BCUT2D eigenvalue weighted by Gasteiger charge is -2.14. The second-order valence-corrected chi connectivity index (χ2v) is 7.44. The Morgan fingerprint density at radius 1 is 1.07 bits per heavy atom. The van der Waals surface area contributed by atoms with Gasteiger partial charge >= 0.3 is 0 Å². The number of rotatable bonds is 5. The molecule has 2 aromatic carbocycles. The fourth-order valence-electron chi connectivity index (χ4n) is 2.89. The molecule has 0 radical (unpaired) electrons. The van der Waals surface area contributed by atoms with Crippen molar-refractivity contribution in [2.24, 2.45) is 0 Å². The number of aromatic nitrogens is 2. The highest BCUT2D eigenvalue weighted by atomic mass is 35.5. The lowest BCUT2D eigenvalue weighted by Crippen LogP contribution is -2.27. The van der Waals surface area contributed by atoms with Gasteiger partial charge in [0.1, 0.15) is 5.15 Å². The van der Waals surface area contributed by atoms with Gasteiger partial charge in [0.2, 0.25) is 0 Å². The van der Waals surface area contributed by atoms with E-state index in [2.05, 4.69) is 10.4 Å². The predicted octanol–water partition coefficient (Wildman–Crippen LogP) is 5.35. The monoisotopic (exact) mass is 401 g/mol. The molecular weight excluding hydrogens is 381 g/mol. The van der Waals surface area contributed by atoms with E-state index >= 15 is 0 Å². The van der Waals surface area contributed by atoms with Gasteiger partial charge in [0.05, 0.1) is 23.8 Å². The highest BCUT2D eigenvalue weighted by Crippen LogP contribution is 2.23. The van der Waals surface area contributed by atoms with Crippen molar-refractivity contribution < 1.29 is 4.79 Å². The highest BCUT2D eigenvalue weighted by Gasteiger charge is 2.22. The molecule has 3 aromatic rings. The summed E-state index contributed by atoms with van der Waals surface area (Å²) in [6, 6.07) is 15.4. The lowest BCUT2D eigenvalue weighted by atomic mass is 10.1. The summed E-state index contributed by atoms with van der Waals surface area (Å²) in [6.45, 7) is 6.26. The van der Waals surface area contributed by atoms with Crippen LogP contribution >= 0.6 is 23.2 Å². The topological polar surface area (TPSA) is 46.9 Å². The number of nitrogens with zero attached hydrogens (tertiary/aromatic N) is 2. The summed E-state index contributed by atoms with van der Waals surface area (Å²) < 4.78 is 1.66. The Morgan fingerprint density at radius 2 is 1.70 bits per heavy atom. The van der Waals surface area contributed by atoms with Crippen molar-refractivity contribution in [2.45, 2.75) is 33.4 Å². The molecule has 1 unspecified atom stereocenters. The molecule has 0 aliphatic rings. The number of halogens is 2.